The first kappa shape index (κ1) is 21.2. The van der Waals surface area contributed by atoms with E-state index in [1.54, 1.807) is 11.9 Å². The summed E-state index contributed by atoms with van der Waals surface area (Å²) in [7, 11) is 1.72. The second kappa shape index (κ2) is 9.80. The molecule has 0 spiro atoms. The van der Waals surface area contributed by atoms with Crippen molar-refractivity contribution in [3.8, 4) is 0 Å². The molecular weight excluding hydrogens is 381 g/mol. The van der Waals surface area contributed by atoms with Gasteiger partial charge in [-0.25, -0.2) is 4.39 Å². The Hall–Kier alpha value is -3.51. The predicted octanol–water partition coefficient (Wildman–Crippen LogP) is 4.38. The molecule has 0 bridgehead atoms. The minimum atomic E-state index is -0.661. The summed E-state index contributed by atoms with van der Waals surface area (Å²) in [5, 5.41) is 5.65. The Labute approximate surface area is 175 Å². The Morgan fingerprint density at radius 1 is 0.867 bits per heavy atom. The number of hydrogen-bond acceptors (Lipinski definition) is 3. The molecule has 30 heavy (non-hydrogen) atoms. The molecule has 3 aromatic carbocycles. The zero-order valence-electron chi connectivity index (χ0n) is 16.9. The molecule has 3 aromatic rings. The van der Waals surface area contributed by atoms with E-state index in [9.17, 15) is 14.0 Å². The smallest absolute Gasteiger partial charge is 0.246 e. The third-order valence-corrected chi connectivity index (χ3v) is 4.64. The number of likely N-dealkylation sites (N-methyl/N-ethyl adjacent to an activating group) is 1. The fourth-order valence-electron chi connectivity index (χ4n) is 3.14. The molecule has 2 amide bonds. The van der Waals surface area contributed by atoms with Gasteiger partial charge >= 0.3 is 0 Å². The Morgan fingerprint density at radius 3 is 2.07 bits per heavy atom. The van der Waals surface area contributed by atoms with Gasteiger partial charge in [-0.2, -0.15) is 0 Å². The Balaban J connectivity index is 1.74. The van der Waals surface area contributed by atoms with Crippen molar-refractivity contribution in [1.82, 2.24) is 4.90 Å². The molecule has 154 valence electrons. The van der Waals surface area contributed by atoms with E-state index >= 15 is 0 Å². The van der Waals surface area contributed by atoms with E-state index in [-0.39, 0.29) is 24.2 Å². The summed E-state index contributed by atoms with van der Waals surface area (Å²) >= 11 is 0. The fraction of sp³-hybridized carbons (Fsp3) is 0.167. The molecule has 0 aromatic heterocycles. The molecule has 0 saturated carbocycles. The summed E-state index contributed by atoms with van der Waals surface area (Å²) in [4.78, 5) is 27.3. The molecule has 2 N–H and O–H groups in total. The van der Waals surface area contributed by atoms with Gasteiger partial charge in [0, 0.05) is 11.4 Å². The number of carbonyl (C=O) groups excluding carboxylic acids is 2. The van der Waals surface area contributed by atoms with Gasteiger partial charge in [0.15, 0.2) is 0 Å². The number of rotatable bonds is 7. The molecule has 0 aliphatic heterocycles. The van der Waals surface area contributed by atoms with Crippen LogP contribution in [0.2, 0.25) is 0 Å². The van der Waals surface area contributed by atoms with Crippen molar-refractivity contribution in [1.29, 1.82) is 0 Å². The zero-order chi connectivity index (χ0) is 21.5. The minimum Gasteiger partial charge on any atom is -0.325 e. The molecule has 0 aliphatic rings. The van der Waals surface area contributed by atoms with Crippen molar-refractivity contribution in [3.05, 3.63) is 95.8 Å². The monoisotopic (exact) mass is 405 g/mol. The summed E-state index contributed by atoms with van der Waals surface area (Å²) < 4.78 is 13.1. The summed E-state index contributed by atoms with van der Waals surface area (Å²) in [6.45, 7) is 1.96. The third-order valence-electron chi connectivity index (χ3n) is 4.64. The topological polar surface area (TPSA) is 61.4 Å². The van der Waals surface area contributed by atoms with Crippen LogP contribution in [0.4, 0.5) is 15.8 Å². The number of nitrogens with zero attached hydrogens (tertiary/aromatic N) is 1. The predicted molar refractivity (Wildman–Crippen MR) is 117 cm³/mol. The Bertz CT molecular complexity index is 989. The van der Waals surface area contributed by atoms with Gasteiger partial charge in [0.1, 0.15) is 11.9 Å². The molecule has 0 saturated heterocycles. The molecule has 1 atom stereocenters. The standard InChI is InChI=1S/C24H24FN3O2/c1-17-8-12-21(13-9-17)27-24(30)23(18-6-4-3-5-7-18)28(2)16-22(29)26-20-14-10-19(25)11-15-20/h3-15,23H,16H2,1-2H3,(H,26,29)(H,27,30)/t23-/m0/s1. The minimum absolute atomic E-state index is 0.0156. The number of anilines is 2. The van der Waals surface area contributed by atoms with Crippen LogP contribution in [0, 0.1) is 12.7 Å². The van der Waals surface area contributed by atoms with Crippen LogP contribution in [0.25, 0.3) is 0 Å². The number of halogens is 1. The van der Waals surface area contributed by atoms with Gasteiger partial charge in [-0.05, 0) is 55.9 Å². The van der Waals surface area contributed by atoms with Gasteiger partial charge in [0.25, 0.3) is 0 Å². The largest absolute Gasteiger partial charge is 0.325 e. The van der Waals surface area contributed by atoms with Crippen LogP contribution in [0.3, 0.4) is 0 Å². The van der Waals surface area contributed by atoms with Crippen molar-refractivity contribution in [2.75, 3.05) is 24.2 Å². The lowest BCUT2D eigenvalue weighted by Crippen LogP contribution is -2.39. The van der Waals surface area contributed by atoms with Crippen molar-refractivity contribution in [2.45, 2.75) is 13.0 Å². The summed E-state index contributed by atoms with van der Waals surface area (Å²) in [5.41, 5.74) is 3.06. The van der Waals surface area contributed by atoms with Gasteiger partial charge in [0.2, 0.25) is 11.8 Å². The summed E-state index contributed by atoms with van der Waals surface area (Å²) in [5.74, 6) is -0.905. The van der Waals surface area contributed by atoms with Crippen molar-refractivity contribution < 1.29 is 14.0 Å². The highest BCUT2D eigenvalue weighted by atomic mass is 19.1. The first-order chi connectivity index (χ1) is 14.4. The van der Waals surface area contributed by atoms with E-state index < -0.39 is 6.04 Å². The Morgan fingerprint density at radius 2 is 1.43 bits per heavy atom. The number of carbonyl (C=O) groups is 2. The maximum Gasteiger partial charge on any atom is 0.246 e. The second-order valence-corrected chi connectivity index (χ2v) is 7.14. The van der Waals surface area contributed by atoms with Crippen LogP contribution in [0.15, 0.2) is 78.9 Å². The molecule has 6 heteroatoms. The molecule has 0 fully saturated rings. The van der Waals surface area contributed by atoms with Crippen molar-refractivity contribution in [2.24, 2.45) is 0 Å². The van der Waals surface area contributed by atoms with E-state index in [0.29, 0.717) is 11.4 Å². The first-order valence-corrected chi connectivity index (χ1v) is 9.60. The van der Waals surface area contributed by atoms with E-state index in [1.165, 1.54) is 24.3 Å². The summed E-state index contributed by atoms with van der Waals surface area (Å²) in [6.07, 6.45) is 0. The Kier molecular flexibility index (Phi) is 6.93. The van der Waals surface area contributed by atoms with E-state index in [4.69, 9.17) is 0 Å². The molecule has 3 rings (SSSR count). The molecule has 5 nitrogen and oxygen atoms in total. The highest BCUT2D eigenvalue weighted by molar-refractivity contribution is 5.97. The number of nitrogens with one attached hydrogen (secondary N) is 2. The van der Waals surface area contributed by atoms with Gasteiger partial charge < -0.3 is 10.6 Å². The fourth-order valence-corrected chi connectivity index (χ4v) is 3.14. The van der Waals surface area contributed by atoms with Crippen molar-refractivity contribution >= 4 is 23.2 Å². The molecule has 0 heterocycles. The number of aryl methyl sites for hydroxylation is 1. The lowest BCUT2D eigenvalue weighted by Gasteiger charge is -2.27. The van der Waals surface area contributed by atoms with Crippen LogP contribution < -0.4 is 10.6 Å². The van der Waals surface area contributed by atoms with Crippen LogP contribution in [-0.2, 0) is 9.59 Å². The highest BCUT2D eigenvalue weighted by Gasteiger charge is 2.26. The van der Waals surface area contributed by atoms with Gasteiger partial charge in [0.05, 0.1) is 6.54 Å². The average molecular weight is 405 g/mol. The molecule has 0 aliphatic carbocycles. The van der Waals surface area contributed by atoms with Crippen LogP contribution in [-0.4, -0.2) is 30.3 Å². The van der Waals surface area contributed by atoms with Crippen LogP contribution in [0.1, 0.15) is 17.2 Å². The molecule has 0 radical (unpaired) electrons. The quantitative estimate of drug-likeness (QED) is 0.613. The lowest BCUT2D eigenvalue weighted by atomic mass is 10.0. The zero-order valence-corrected chi connectivity index (χ0v) is 16.9. The van der Waals surface area contributed by atoms with Gasteiger partial charge in [-0.1, -0.05) is 48.0 Å². The van der Waals surface area contributed by atoms with Crippen LogP contribution >= 0.6 is 0 Å². The van der Waals surface area contributed by atoms with Gasteiger partial charge in [-0.3, -0.25) is 14.5 Å². The maximum absolute atomic E-state index is 13.1. The van der Waals surface area contributed by atoms with E-state index in [2.05, 4.69) is 10.6 Å². The summed E-state index contributed by atoms with van der Waals surface area (Å²) in [6, 6.07) is 21.7. The average Bonchev–Trinajstić information content (AvgIpc) is 2.72. The van der Waals surface area contributed by atoms with Crippen LogP contribution in [0.5, 0.6) is 0 Å². The number of benzene rings is 3. The second-order valence-electron chi connectivity index (χ2n) is 7.14. The van der Waals surface area contributed by atoms with E-state index in [0.717, 1.165) is 11.1 Å². The molecule has 0 unspecified atom stereocenters. The first-order valence-electron chi connectivity index (χ1n) is 9.60. The highest BCUT2D eigenvalue weighted by Crippen LogP contribution is 2.22. The van der Waals surface area contributed by atoms with Gasteiger partial charge in [-0.15, -0.1) is 0 Å². The van der Waals surface area contributed by atoms with E-state index in [1.807, 2.05) is 61.5 Å². The maximum atomic E-state index is 13.1. The van der Waals surface area contributed by atoms with Crippen molar-refractivity contribution in [3.63, 3.8) is 0 Å². The molecular formula is C24H24FN3O2. The SMILES string of the molecule is Cc1ccc(NC(=O)[C@H](c2ccccc2)N(C)CC(=O)Nc2ccc(F)cc2)cc1. The number of amides is 2. The number of hydrogen-bond donors (Lipinski definition) is 2. The normalized spacial score (nSPS) is 11.7. The third kappa shape index (κ3) is 5.75. The lowest BCUT2D eigenvalue weighted by molar-refractivity contribution is -0.123.